The Kier molecular flexibility index (Phi) is 3.90. The minimum atomic E-state index is -1.19. The van der Waals surface area contributed by atoms with Crippen LogP contribution in [0.1, 0.15) is 32.6 Å². The molecule has 1 spiro atoms. The molecular formula is C22H25N3O4. The molecule has 152 valence electrons. The fourth-order valence-corrected chi connectivity index (χ4v) is 5.79. The van der Waals surface area contributed by atoms with Crippen molar-refractivity contribution in [1.29, 1.82) is 0 Å². The molecule has 0 aromatic heterocycles. The van der Waals surface area contributed by atoms with Crippen molar-refractivity contribution >= 4 is 23.4 Å². The van der Waals surface area contributed by atoms with E-state index in [9.17, 15) is 14.4 Å². The Morgan fingerprint density at radius 1 is 1.17 bits per heavy atom. The highest BCUT2D eigenvalue weighted by atomic mass is 16.5. The molecule has 3 fully saturated rings. The minimum absolute atomic E-state index is 0.107. The second-order valence-electron chi connectivity index (χ2n) is 8.77. The van der Waals surface area contributed by atoms with Crippen LogP contribution in [0.4, 0.5) is 5.69 Å². The number of primary amides is 1. The Morgan fingerprint density at radius 2 is 1.86 bits per heavy atom. The number of hydrogen-bond acceptors (Lipinski definition) is 4. The zero-order valence-corrected chi connectivity index (χ0v) is 16.3. The van der Waals surface area contributed by atoms with E-state index in [1.165, 1.54) is 4.90 Å². The van der Waals surface area contributed by atoms with Crippen LogP contribution in [0.3, 0.4) is 0 Å². The number of anilines is 1. The van der Waals surface area contributed by atoms with Gasteiger partial charge in [0, 0.05) is 11.7 Å². The number of rotatable bonds is 4. The van der Waals surface area contributed by atoms with E-state index in [1.54, 1.807) is 31.2 Å². The van der Waals surface area contributed by atoms with Crippen molar-refractivity contribution in [1.82, 2.24) is 5.32 Å². The summed E-state index contributed by atoms with van der Waals surface area (Å²) in [4.78, 5) is 40.9. The number of nitrogens with two attached hydrogens (primary N) is 1. The average molecular weight is 395 g/mol. The summed E-state index contributed by atoms with van der Waals surface area (Å²) in [5.74, 6) is -2.73. The first-order chi connectivity index (χ1) is 13.9. The minimum Gasteiger partial charge on any atom is -0.369 e. The Morgan fingerprint density at radius 3 is 2.52 bits per heavy atom. The fraction of sp³-hybridized carbons (Fsp3) is 0.500. The molecule has 7 nitrogen and oxygen atoms in total. The van der Waals surface area contributed by atoms with Gasteiger partial charge in [0.15, 0.2) is 0 Å². The summed E-state index contributed by atoms with van der Waals surface area (Å²) in [6, 6.07) is 8.31. The molecule has 5 rings (SSSR count). The first-order valence-electron chi connectivity index (χ1n) is 10.3. The van der Waals surface area contributed by atoms with Crippen molar-refractivity contribution in [3.8, 4) is 0 Å². The van der Waals surface area contributed by atoms with Crippen LogP contribution in [0.2, 0.25) is 0 Å². The number of amides is 3. The number of nitrogens with zero attached hydrogens (tertiary/aromatic N) is 1. The van der Waals surface area contributed by atoms with Crippen LogP contribution in [0, 0.1) is 11.8 Å². The standard InChI is InChI=1S/C22H25N3O4/c1-21-11-12-22(29-21)16(15(21)18(23)26)20(28)25(14-9-3-2-4-10-14)17(22)19(27)24-13-7-5-6-8-13/h2-4,9-13,15-17H,5-8H2,1H3,(H2,23,26)(H,24,27)/t15-,16+,17+,21+,22-/m1/s1. The first kappa shape index (κ1) is 18.4. The molecule has 4 aliphatic rings. The normalized spacial score (nSPS) is 37.9. The first-order valence-corrected chi connectivity index (χ1v) is 10.3. The van der Waals surface area contributed by atoms with Crippen LogP contribution < -0.4 is 16.0 Å². The maximum atomic E-state index is 13.6. The van der Waals surface area contributed by atoms with Gasteiger partial charge in [0.2, 0.25) is 17.7 Å². The number of benzene rings is 1. The van der Waals surface area contributed by atoms with E-state index in [2.05, 4.69) is 5.32 Å². The van der Waals surface area contributed by atoms with Gasteiger partial charge >= 0.3 is 0 Å². The Hall–Kier alpha value is -2.67. The van der Waals surface area contributed by atoms with Gasteiger partial charge in [0.05, 0.1) is 17.4 Å². The zero-order valence-electron chi connectivity index (χ0n) is 16.3. The second kappa shape index (κ2) is 6.16. The number of hydrogen-bond donors (Lipinski definition) is 2. The summed E-state index contributed by atoms with van der Waals surface area (Å²) in [5.41, 5.74) is 4.15. The van der Waals surface area contributed by atoms with Gasteiger partial charge in [-0.15, -0.1) is 0 Å². The number of ether oxygens (including phenoxy) is 1. The van der Waals surface area contributed by atoms with E-state index < -0.39 is 35.0 Å². The second-order valence-corrected chi connectivity index (χ2v) is 8.77. The molecule has 7 heteroatoms. The van der Waals surface area contributed by atoms with Crippen molar-refractivity contribution in [3.63, 3.8) is 0 Å². The molecule has 3 aliphatic heterocycles. The number of para-hydroxylation sites is 1. The van der Waals surface area contributed by atoms with Gasteiger partial charge in [-0.2, -0.15) is 0 Å². The van der Waals surface area contributed by atoms with Gasteiger partial charge < -0.3 is 15.8 Å². The van der Waals surface area contributed by atoms with Crippen LogP contribution in [-0.4, -0.2) is 41.0 Å². The SMILES string of the molecule is C[C@@]12C=C[C@@]3(O1)[C@H](C(=O)N(c1ccccc1)[C@H]3C(=O)NC1CCCC1)[C@@H]2C(N)=O. The van der Waals surface area contributed by atoms with Gasteiger partial charge in [0.25, 0.3) is 0 Å². The molecule has 1 aromatic carbocycles. The topological polar surface area (TPSA) is 102 Å². The predicted octanol–water partition coefficient (Wildman–Crippen LogP) is 1.28. The van der Waals surface area contributed by atoms with E-state index in [-0.39, 0.29) is 17.9 Å². The Balaban J connectivity index is 1.61. The van der Waals surface area contributed by atoms with Gasteiger partial charge in [0.1, 0.15) is 11.6 Å². The fourth-order valence-electron chi connectivity index (χ4n) is 5.79. The molecule has 0 unspecified atom stereocenters. The lowest BCUT2D eigenvalue weighted by Gasteiger charge is -2.33. The Labute approximate surface area is 169 Å². The van der Waals surface area contributed by atoms with Crippen molar-refractivity contribution in [2.45, 2.75) is 55.9 Å². The summed E-state index contributed by atoms with van der Waals surface area (Å²) in [5, 5.41) is 3.13. The number of carbonyl (C=O) groups is 3. The lowest BCUT2D eigenvalue weighted by atomic mass is 9.70. The molecule has 0 radical (unpaired) electrons. The zero-order chi connectivity index (χ0) is 20.4. The third-order valence-electron chi connectivity index (χ3n) is 6.99. The largest absolute Gasteiger partial charge is 0.369 e. The quantitative estimate of drug-likeness (QED) is 0.750. The summed E-state index contributed by atoms with van der Waals surface area (Å²) >= 11 is 0. The molecule has 5 atom stereocenters. The Bertz CT molecular complexity index is 910. The van der Waals surface area contributed by atoms with Crippen LogP contribution >= 0.6 is 0 Å². The highest BCUT2D eigenvalue weighted by Gasteiger charge is 2.76. The number of nitrogens with one attached hydrogen (secondary N) is 1. The highest BCUT2D eigenvalue weighted by molar-refractivity contribution is 6.10. The summed E-state index contributed by atoms with van der Waals surface area (Å²) < 4.78 is 6.33. The average Bonchev–Trinajstić information content (AvgIpc) is 3.42. The highest BCUT2D eigenvalue weighted by Crippen LogP contribution is 2.60. The lowest BCUT2D eigenvalue weighted by molar-refractivity contribution is -0.132. The summed E-state index contributed by atoms with van der Waals surface area (Å²) in [6.07, 6.45) is 7.64. The van der Waals surface area contributed by atoms with Gasteiger partial charge in [-0.1, -0.05) is 43.2 Å². The summed E-state index contributed by atoms with van der Waals surface area (Å²) in [6.45, 7) is 1.76. The maximum Gasteiger partial charge on any atom is 0.246 e. The van der Waals surface area contributed by atoms with Crippen LogP contribution in [-0.2, 0) is 19.1 Å². The molecule has 29 heavy (non-hydrogen) atoms. The van der Waals surface area contributed by atoms with Crippen molar-refractivity contribution < 1.29 is 19.1 Å². The molecule has 1 aromatic rings. The van der Waals surface area contributed by atoms with Crippen molar-refractivity contribution in [2.24, 2.45) is 17.6 Å². The van der Waals surface area contributed by atoms with E-state index in [0.29, 0.717) is 5.69 Å². The smallest absolute Gasteiger partial charge is 0.246 e. The van der Waals surface area contributed by atoms with Crippen LogP contribution in [0.5, 0.6) is 0 Å². The van der Waals surface area contributed by atoms with E-state index in [0.717, 1.165) is 25.7 Å². The van der Waals surface area contributed by atoms with E-state index >= 15 is 0 Å². The van der Waals surface area contributed by atoms with E-state index in [1.807, 2.05) is 18.2 Å². The third-order valence-corrected chi connectivity index (χ3v) is 6.99. The molecule has 3 N–H and O–H groups in total. The third kappa shape index (κ3) is 2.43. The molecule has 2 bridgehead atoms. The van der Waals surface area contributed by atoms with Crippen molar-refractivity contribution in [3.05, 3.63) is 42.5 Å². The molecule has 1 saturated carbocycles. The van der Waals surface area contributed by atoms with E-state index in [4.69, 9.17) is 10.5 Å². The lowest BCUT2D eigenvalue weighted by Crippen LogP contribution is -2.56. The summed E-state index contributed by atoms with van der Waals surface area (Å²) in [7, 11) is 0. The maximum absolute atomic E-state index is 13.6. The molecule has 3 heterocycles. The molecule has 1 aliphatic carbocycles. The molecular weight excluding hydrogens is 370 g/mol. The van der Waals surface area contributed by atoms with Crippen molar-refractivity contribution in [2.75, 3.05) is 4.90 Å². The predicted molar refractivity (Wildman–Crippen MR) is 106 cm³/mol. The number of fused-ring (bicyclic) bond motifs is 1. The van der Waals surface area contributed by atoms with Crippen LogP contribution in [0.25, 0.3) is 0 Å². The molecule has 3 amide bonds. The van der Waals surface area contributed by atoms with Gasteiger partial charge in [-0.3, -0.25) is 19.3 Å². The number of carbonyl (C=O) groups excluding carboxylic acids is 3. The molecule has 2 saturated heterocycles. The van der Waals surface area contributed by atoms with Gasteiger partial charge in [-0.05, 0) is 31.9 Å². The monoisotopic (exact) mass is 395 g/mol. The van der Waals surface area contributed by atoms with Gasteiger partial charge in [-0.25, -0.2) is 0 Å². The van der Waals surface area contributed by atoms with Crippen LogP contribution in [0.15, 0.2) is 42.5 Å².